The zero-order valence-corrected chi connectivity index (χ0v) is 19.0. The van der Waals surface area contributed by atoms with E-state index in [0.717, 1.165) is 17.2 Å². The van der Waals surface area contributed by atoms with E-state index >= 15 is 0 Å². The van der Waals surface area contributed by atoms with Crippen molar-refractivity contribution >= 4 is 5.91 Å². The average Bonchev–Trinajstić information content (AvgIpc) is 3.25. The van der Waals surface area contributed by atoms with Crippen LogP contribution in [0.2, 0.25) is 0 Å². The highest BCUT2D eigenvalue weighted by atomic mass is 19.4. The average molecular weight is 464 g/mol. The lowest BCUT2D eigenvalue weighted by atomic mass is 9.86. The van der Waals surface area contributed by atoms with Crippen molar-refractivity contribution in [1.82, 2.24) is 9.78 Å². The predicted octanol–water partition coefficient (Wildman–Crippen LogP) is 6.62. The smallest absolute Gasteiger partial charge is 0.366 e. The Bertz CT molecular complexity index is 1310. The molecule has 34 heavy (non-hydrogen) atoms. The van der Waals surface area contributed by atoms with E-state index in [9.17, 15) is 18.0 Å². The number of amides is 1. The van der Waals surface area contributed by atoms with Gasteiger partial charge < -0.3 is 5.73 Å². The van der Waals surface area contributed by atoms with Gasteiger partial charge in [0.05, 0.1) is 11.4 Å². The van der Waals surface area contributed by atoms with Crippen molar-refractivity contribution in [1.29, 1.82) is 0 Å². The number of primary amides is 1. The van der Waals surface area contributed by atoms with Gasteiger partial charge in [-0.25, -0.2) is 4.68 Å². The van der Waals surface area contributed by atoms with E-state index in [0.29, 0.717) is 11.3 Å². The first-order valence-electron chi connectivity index (χ1n) is 10.7. The molecule has 4 aromatic rings. The third-order valence-corrected chi connectivity index (χ3v) is 5.66. The minimum absolute atomic E-state index is 0.0482. The van der Waals surface area contributed by atoms with Gasteiger partial charge in [-0.15, -0.1) is 0 Å². The number of carbonyl (C=O) groups is 1. The van der Waals surface area contributed by atoms with E-state index < -0.39 is 17.8 Å². The fraction of sp³-hybridized carbons (Fsp3) is 0.185. The summed E-state index contributed by atoms with van der Waals surface area (Å²) >= 11 is 0. The standard InChI is InChI=1S/C27H24F3N3O/c1-26(2,3)21-12-8-18(9-13-21)17-4-6-19(7-5-17)23-16-24(27(28,29)30)32-33(23)22-14-10-20(11-15-22)25(31)34/h4-16H,1-3H3,(H2,31,34). The van der Waals surface area contributed by atoms with Crippen LogP contribution in [-0.4, -0.2) is 15.7 Å². The molecule has 4 rings (SSSR count). The zero-order chi connectivity index (χ0) is 24.7. The number of aromatic nitrogens is 2. The number of nitrogens with zero attached hydrogens (tertiary/aromatic N) is 2. The molecule has 0 spiro atoms. The maximum Gasteiger partial charge on any atom is 0.435 e. The molecule has 2 N–H and O–H groups in total. The molecule has 3 aromatic carbocycles. The lowest BCUT2D eigenvalue weighted by Crippen LogP contribution is -2.11. The van der Waals surface area contributed by atoms with Crippen LogP contribution >= 0.6 is 0 Å². The van der Waals surface area contributed by atoms with Gasteiger partial charge in [-0.1, -0.05) is 69.3 Å². The molecule has 0 atom stereocenters. The van der Waals surface area contributed by atoms with Crippen molar-refractivity contribution < 1.29 is 18.0 Å². The largest absolute Gasteiger partial charge is 0.435 e. The van der Waals surface area contributed by atoms with Crippen LogP contribution in [0.1, 0.15) is 42.4 Å². The van der Waals surface area contributed by atoms with Gasteiger partial charge in [0.2, 0.25) is 5.91 Å². The summed E-state index contributed by atoms with van der Waals surface area (Å²) in [6.45, 7) is 6.45. The summed E-state index contributed by atoms with van der Waals surface area (Å²) in [6.07, 6.45) is -4.60. The van der Waals surface area contributed by atoms with Crippen molar-refractivity contribution in [2.75, 3.05) is 0 Å². The molecule has 0 saturated carbocycles. The van der Waals surface area contributed by atoms with Crippen LogP contribution < -0.4 is 5.73 Å². The fourth-order valence-electron chi connectivity index (χ4n) is 3.69. The van der Waals surface area contributed by atoms with Gasteiger partial charge in [-0.2, -0.15) is 18.3 Å². The Kier molecular flexibility index (Phi) is 5.81. The number of halogens is 3. The first kappa shape index (κ1) is 23.3. The molecule has 1 heterocycles. The summed E-state index contributed by atoms with van der Waals surface area (Å²) in [7, 11) is 0. The number of benzene rings is 3. The molecule has 0 saturated heterocycles. The summed E-state index contributed by atoms with van der Waals surface area (Å²) < 4.78 is 41.6. The van der Waals surface area contributed by atoms with Gasteiger partial charge in [-0.3, -0.25) is 4.79 Å². The monoisotopic (exact) mass is 463 g/mol. The van der Waals surface area contributed by atoms with Gasteiger partial charge in [0.15, 0.2) is 5.69 Å². The Hall–Kier alpha value is -3.87. The van der Waals surface area contributed by atoms with Crippen molar-refractivity contribution in [2.24, 2.45) is 5.73 Å². The Morgan fingerprint density at radius 3 is 1.76 bits per heavy atom. The quantitative estimate of drug-likeness (QED) is 0.370. The second-order valence-corrected chi connectivity index (χ2v) is 9.14. The molecule has 0 bridgehead atoms. The van der Waals surface area contributed by atoms with Gasteiger partial charge in [0.1, 0.15) is 0 Å². The molecule has 0 aliphatic carbocycles. The van der Waals surface area contributed by atoms with Crippen LogP contribution in [0.15, 0.2) is 78.9 Å². The molecule has 7 heteroatoms. The predicted molar refractivity (Wildman–Crippen MR) is 127 cm³/mol. The van der Waals surface area contributed by atoms with Gasteiger partial charge in [0.25, 0.3) is 0 Å². The first-order valence-corrected chi connectivity index (χ1v) is 10.7. The zero-order valence-electron chi connectivity index (χ0n) is 19.0. The number of nitrogens with two attached hydrogens (primary N) is 1. The molecule has 1 aromatic heterocycles. The van der Waals surface area contributed by atoms with Crippen LogP contribution in [-0.2, 0) is 11.6 Å². The minimum Gasteiger partial charge on any atom is -0.366 e. The molecule has 0 unspecified atom stereocenters. The Morgan fingerprint density at radius 1 is 0.794 bits per heavy atom. The van der Waals surface area contributed by atoms with Crippen molar-refractivity contribution in [2.45, 2.75) is 32.4 Å². The number of carbonyl (C=O) groups excluding carboxylic acids is 1. The summed E-state index contributed by atoms with van der Waals surface area (Å²) in [5.74, 6) is -0.616. The SMILES string of the molecule is CC(C)(C)c1ccc(-c2ccc(-c3cc(C(F)(F)F)nn3-c3ccc(C(N)=O)cc3)cc2)cc1. The molecule has 1 amide bonds. The topological polar surface area (TPSA) is 60.9 Å². The lowest BCUT2D eigenvalue weighted by Gasteiger charge is -2.19. The van der Waals surface area contributed by atoms with E-state index in [4.69, 9.17) is 5.73 Å². The maximum absolute atomic E-state index is 13.4. The van der Waals surface area contributed by atoms with Gasteiger partial charge >= 0.3 is 6.18 Å². The van der Waals surface area contributed by atoms with Gasteiger partial charge in [0, 0.05) is 11.1 Å². The highest BCUT2D eigenvalue weighted by molar-refractivity contribution is 5.92. The highest BCUT2D eigenvalue weighted by Gasteiger charge is 2.35. The van der Waals surface area contributed by atoms with Crippen LogP contribution in [0.3, 0.4) is 0 Å². The van der Waals surface area contributed by atoms with Crippen molar-refractivity contribution in [3.63, 3.8) is 0 Å². The molecular formula is C27H24F3N3O. The summed E-state index contributed by atoms with van der Waals surface area (Å²) in [4.78, 5) is 11.3. The van der Waals surface area contributed by atoms with Crippen LogP contribution in [0.25, 0.3) is 28.1 Å². The van der Waals surface area contributed by atoms with Crippen molar-refractivity contribution in [3.8, 4) is 28.1 Å². The van der Waals surface area contributed by atoms with Gasteiger partial charge in [-0.05, 0) is 52.4 Å². The number of alkyl halides is 3. The molecule has 0 radical (unpaired) electrons. The van der Waals surface area contributed by atoms with Crippen LogP contribution in [0.4, 0.5) is 13.2 Å². The van der Waals surface area contributed by atoms with E-state index in [-0.39, 0.29) is 16.7 Å². The highest BCUT2D eigenvalue weighted by Crippen LogP contribution is 2.34. The first-order chi connectivity index (χ1) is 15.9. The Balaban J connectivity index is 1.72. The summed E-state index contributed by atoms with van der Waals surface area (Å²) in [5, 5.41) is 3.79. The normalized spacial score (nSPS) is 12.1. The summed E-state index contributed by atoms with van der Waals surface area (Å²) in [6, 6.07) is 22.5. The molecule has 4 nitrogen and oxygen atoms in total. The van der Waals surface area contributed by atoms with E-state index in [1.54, 1.807) is 12.1 Å². The van der Waals surface area contributed by atoms with E-state index in [1.165, 1.54) is 34.5 Å². The Morgan fingerprint density at radius 2 is 1.29 bits per heavy atom. The molecule has 174 valence electrons. The number of hydrogen-bond acceptors (Lipinski definition) is 2. The third kappa shape index (κ3) is 4.73. The molecule has 0 fully saturated rings. The minimum atomic E-state index is -4.60. The number of hydrogen-bond donors (Lipinski definition) is 1. The summed E-state index contributed by atoms with van der Waals surface area (Å²) in [5.41, 5.74) is 9.03. The molecule has 0 aliphatic heterocycles. The van der Waals surface area contributed by atoms with Crippen LogP contribution in [0, 0.1) is 0 Å². The number of rotatable bonds is 4. The molecular weight excluding hydrogens is 439 g/mol. The van der Waals surface area contributed by atoms with Crippen LogP contribution in [0.5, 0.6) is 0 Å². The third-order valence-electron chi connectivity index (χ3n) is 5.66. The second kappa shape index (κ2) is 8.48. The van der Waals surface area contributed by atoms with E-state index in [2.05, 4.69) is 38.0 Å². The Labute approximate surface area is 195 Å². The second-order valence-electron chi connectivity index (χ2n) is 9.14. The van der Waals surface area contributed by atoms with E-state index in [1.807, 2.05) is 24.3 Å². The molecule has 0 aliphatic rings. The fourth-order valence-corrected chi connectivity index (χ4v) is 3.69. The maximum atomic E-state index is 13.4. The van der Waals surface area contributed by atoms with Crippen molar-refractivity contribution in [3.05, 3.63) is 95.7 Å². The lowest BCUT2D eigenvalue weighted by molar-refractivity contribution is -0.141.